The van der Waals surface area contributed by atoms with Gasteiger partial charge in [0.15, 0.2) is 9.84 Å². The third-order valence-corrected chi connectivity index (χ3v) is 4.09. The first-order valence-corrected chi connectivity index (χ1v) is 6.68. The lowest BCUT2D eigenvalue weighted by Gasteiger charge is -2.04. The molecule has 0 radical (unpaired) electrons. The van der Waals surface area contributed by atoms with Gasteiger partial charge in [0.2, 0.25) is 0 Å². The first-order valence-electron chi connectivity index (χ1n) is 5.03. The second kappa shape index (κ2) is 5.14. The van der Waals surface area contributed by atoms with Gasteiger partial charge in [-0.1, -0.05) is 24.3 Å². The van der Waals surface area contributed by atoms with Gasteiger partial charge >= 0.3 is 5.97 Å². The topological polar surface area (TPSA) is 71.4 Å². The van der Waals surface area contributed by atoms with Gasteiger partial charge < -0.3 is 5.11 Å². The van der Waals surface area contributed by atoms with Crippen molar-refractivity contribution in [3.63, 3.8) is 0 Å². The predicted octanol–water partition coefficient (Wildman–Crippen LogP) is 1.80. The van der Waals surface area contributed by atoms with Crippen molar-refractivity contribution in [1.82, 2.24) is 0 Å². The highest BCUT2D eigenvalue weighted by Crippen LogP contribution is 2.14. The Balaban J connectivity index is 2.79. The molecule has 0 unspecified atom stereocenters. The van der Waals surface area contributed by atoms with E-state index in [-0.39, 0.29) is 22.6 Å². The van der Waals surface area contributed by atoms with Crippen LogP contribution < -0.4 is 0 Å². The summed E-state index contributed by atoms with van der Waals surface area (Å²) in [5.41, 5.74) is 0.875. The maximum Gasteiger partial charge on any atom is 0.330 e. The van der Waals surface area contributed by atoms with Gasteiger partial charge in [-0.3, -0.25) is 0 Å². The Morgan fingerprint density at radius 1 is 1.29 bits per heavy atom. The second-order valence-corrected chi connectivity index (χ2v) is 5.90. The van der Waals surface area contributed by atoms with Crippen LogP contribution in [0.3, 0.4) is 0 Å². The molecule has 0 atom stereocenters. The summed E-state index contributed by atoms with van der Waals surface area (Å²) in [6, 6.07) is 6.46. The van der Waals surface area contributed by atoms with Gasteiger partial charge in [-0.2, -0.15) is 0 Å². The molecular weight excluding hydrogens is 240 g/mol. The summed E-state index contributed by atoms with van der Waals surface area (Å²) in [6.07, 6.45) is -0.0639. The van der Waals surface area contributed by atoms with Gasteiger partial charge in [0, 0.05) is 5.57 Å². The van der Waals surface area contributed by atoms with Crippen LogP contribution in [0, 0.1) is 6.92 Å². The third-order valence-electron chi connectivity index (χ3n) is 2.36. The molecular formula is C12H14O4S. The minimum Gasteiger partial charge on any atom is -0.478 e. The molecule has 1 aromatic rings. The molecule has 0 aliphatic carbocycles. The Hall–Kier alpha value is -1.62. The first-order chi connectivity index (χ1) is 7.83. The molecule has 4 nitrogen and oxygen atoms in total. The van der Waals surface area contributed by atoms with Crippen molar-refractivity contribution in [3.8, 4) is 0 Å². The van der Waals surface area contributed by atoms with Crippen LogP contribution in [0.25, 0.3) is 0 Å². The highest BCUT2D eigenvalue weighted by molar-refractivity contribution is 7.91. The fourth-order valence-electron chi connectivity index (χ4n) is 1.23. The number of hydrogen-bond acceptors (Lipinski definition) is 3. The number of hydrogen-bond donors (Lipinski definition) is 1. The van der Waals surface area contributed by atoms with Gasteiger partial charge in [0.25, 0.3) is 0 Å². The van der Waals surface area contributed by atoms with Crippen LogP contribution in [-0.2, 0) is 14.6 Å². The Morgan fingerprint density at radius 3 is 2.29 bits per heavy atom. The first kappa shape index (κ1) is 13.4. The summed E-state index contributed by atoms with van der Waals surface area (Å²) in [5, 5.41) is 8.59. The molecule has 0 spiro atoms. The van der Waals surface area contributed by atoms with Crippen LogP contribution >= 0.6 is 0 Å². The van der Waals surface area contributed by atoms with Crippen molar-refractivity contribution in [2.24, 2.45) is 0 Å². The highest BCUT2D eigenvalue weighted by atomic mass is 32.2. The molecule has 0 amide bonds. The van der Waals surface area contributed by atoms with E-state index < -0.39 is 15.8 Å². The minimum absolute atomic E-state index is 0.0639. The maximum absolute atomic E-state index is 11.8. The standard InChI is InChI=1S/C12H14O4S/c1-9-3-5-11(6-4-9)17(15,16)8-7-10(2)12(13)14/h3-6H,2,7-8H2,1H3,(H,13,14). The number of carboxylic acids is 1. The number of carbonyl (C=O) groups is 1. The zero-order chi connectivity index (χ0) is 13.1. The average molecular weight is 254 g/mol. The van der Waals surface area contributed by atoms with E-state index in [1.54, 1.807) is 12.1 Å². The smallest absolute Gasteiger partial charge is 0.330 e. The van der Waals surface area contributed by atoms with Crippen molar-refractivity contribution in [3.05, 3.63) is 42.0 Å². The summed E-state index contributed by atoms with van der Waals surface area (Å²) >= 11 is 0. The van der Waals surface area contributed by atoms with Crippen LogP contribution in [-0.4, -0.2) is 25.2 Å². The van der Waals surface area contributed by atoms with E-state index in [1.165, 1.54) is 12.1 Å². The Morgan fingerprint density at radius 2 is 1.82 bits per heavy atom. The lowest BCUT2D eigenvalue weighted by Crippen LogP contribution is -2.10. The lowest BCUT2D eigenvalue weighted by molar-refractivity contribution is -0.132. The van der Waals surface area contributed by atoms with E-state index in [2.05, 4.69) is 6.58 Å². The number of sulfone groups is 1. The molecule has 0 aliphatic rings. The summed E-state index contributed by atoms with van der Waals surface area (Å²) < 4.78 is 23.7. The van der Waals surface area contributed by atoms with E-state index >= 15 is 0 Å². The average Bonchev–Trinajstić information content (AvgIpc) is 2.26. The Labute approximate surface area is 101 Å². The van der Waals surface area contributed by atoms with Crippen LogP contribution in [0.15, 0.2) is 41.3 Å². The van der Waals surface area contributed by atoms with Gasteiger partial charge in [-0.25, -0.2) is 13.2 Å². The number of rotatable bonds is 5. The van der Waals surface area contributed by atoms with E-state index in [1.807, 2.05) is 6.92 Å². The van der Waals surface area contributed by atoms with E-state index in [4.69, 9.17) is 5.11 Å². The molecule has 0 heterocycles. The molecule has 0 saturated carbocycles. The number of aryl methyl sites for hydroxylation is 1. The fourth-order valence-corrected chi connectivity index (χ4v) is 2.53. The van der Waals surface area contributed by atoms with Gasteiger partial charge in [-0.15, -0.1) is 0 Å². The maximum atomic E-state index is 11.8. The molecule has 0 aromatic heterocycles. The molecule has 0 aliphatic heterocycles. The Bertz CT molecular complexity index is 526. The number of carboxylic acid groups (broad SMARTS) is 1. The third kappa shape index (κ3) is 3.71. The molecule has 1 rings (SSSR count). The van der Waals surface area contributed by atoms with Crippen LogP contribution in [0.1, 0.15) is 12.0 Å². The summed E-state index contributed by atoms with van der Waals surface area (Å²) in [4.78, 5) is 10.7. The van der Waals surface area contributed by atoms with Crippen molar-refractivity contribution in [2.75, 3.05) is 5.75 Å². The van der Waals surface area contributed by atoms with Crippen molar-refractivity contribution < 1.29 is 18.3 Å². The monoisotopic (exact) mass is 254 g/mol. The lowest BCUT2D eigenvalue weighted by atomic mass is 10.2. The predicted molar refractivity (Wildman–Crippen MR) is 64.6 cm³/mol. The van der Waals surface area contributed by atoms with Gasteiger partial charge in [-0.05, 0) is 25.5 Å². The number of benzene rings is 1. The molecule has 5 heteroatoms. The van der Waals surface area contributed by atoms with Gasteiger partial charge in [0.1, 0.15) is 0 Å². The fraction of sp³-hybridized carbons (Fsp3) is 0.250. The molecule has 92 valence electrons. The summed E-state index contributed by atoms with van der Waals surface area (Å²) in [7, 11) is -3.43. The van der Waals surface area contributed by atoms with Crippen molar-refractivity contribution in [1.29, 1.82) is 0 Å². The van der Waals surface area contributed by atoms with Gasteiger partial charge in [0.05, 0.1) is 10.6 Å². The molecule has 17 heavy (non-hydrogen) atoms. The second-order valence-electron chi connectivity index (χ2n) is 3.79. The van der Waals surface area contributed by atoms with E-state index in [0.717, 1.165) is 5.56 Å². The summed E-state index contributed by atoms with van der Waals surface area (Å²) in [6.45, 7) is 5.16. The van der Waals surface area contributed by atoms with Crippen molar-refractivity contribution >= 4 is 15.8 Å². The Kier molecular flexibility index (Phi) is 4.07. The number of aliphatic carboxylic acids is 1. The zero-order valence-corrected chi connectivity index (χ0v) is 10.3. The highest BCUT2D eigenvalue weighted by Gasteiger charge is 2.16. The largest absolute Gasteiger partial charge is 0.478 e. The van der Waals surface area contributed by atoms with E-state index in [0.29, 0.717) is 0 Å². The molecule has 1 N–H and O–H groups in total. The van der Waals surface area contributed by atoms with Crippen LogP contribution in [0.4, 0.5) is 0 Å². The van der Waals surface area contributed by atoms with Crippen LogP contribution in [0.5, 0.6) is 0 Å². The minimum atomic E-state index is -3.43. The molecule has 0 bridgehead atoms. The van der Waals surface area contributed by atoms with Crippen LogP contribution in [0.2, 0.25) is 0 Å². The summed E-state index contributed by atoms with van der Waals surface area (Å²) in [5.74, 6) is -1.40. The molecule has 0 fully saturated rings. The quantitative estimate of drug-likeness (QED) is 0.813. The zero-order valence-electron chi connectivity index (χ0n) is 9.51. The SMILES string of the molecule is C=C(CCS(=O)(=O)c1ccc(C)cc1)C(=O)O. The molecule has 0 saturated heterocycles. The normalized spacial score (nSPS) is 11.1. The molecule has 1 aromatic carbocycles. The van der Waals surface area contributed by atoms with E-state index in [9.17, 15) is 13.2 Å². The van der Waals surface area contributed by atoms with Crippen molar-refractivity contribution in [2.45, 2.75) is 18.2 Å².